The predicted octanol–water partition coefficient (Wildman–Crippen LogP) is 7.13. The molecule has 4 nitrogen and oxygen atoms in total. The Labute approximate surface area is 190 Å². The molecule has 0 bridgehead atoms. The summed E-state index contributed by atoms with van der Waals surface area (Å²) in [5.41, 5.74) is 5.02. The molecule has 1 amide bonds. The van der Waals surface area contributed by atoms with Crippen LogP contribution in [0.2, 0.25) is 0 Å². The lowest BCUT2D eigenvalue weighted by Crippen LogP contribution is -2.10. The molecule has 168 valence electrons. The Morgan fingerprint density at radius 2 is 1.85 bits per heavy atom. The van der Waals surface area contributed by atoms with Crippen LogP contribution in [0.1, 0.15) is 25.0 Å². The van der Waals surface area contributed by atoms with E-state index in [4.69, 9.17) is 9.15 Å². The summed E-state index contributed by atoms with van der Waals surface area (Å²) in [6.07, 6.45) is 3.07. The van der Waals surface area contributed by atoms with Crippen LogP contribution in [0, 0.1) is 18.6 Å². The van der Waals surface area contributed by atoms with Crippen molar-refractivity contribution in [3.05, 3.63) is 89.7 Å². The highest BCUT2D eigenvalue weighted by molar-refractivity contribution is 6.05. The molecule has 3 aromatic carbocycles. The Hall–Kier alpha value is -3.93. The zero-order valence-electron chi connectivity index (χ0n) is 18.5. The van der Waals surface area contributed by atoms with Gasteiger partial charge in [0.1, 0.15) is 23.0 Å². The fourth-order valence-electron chi connectivity index (χ4n) is 3.63. The zero-order chi connectivity index (χ0) is 23.5. The average molecular weight is 447 g/mol. The number of carbonyl (C=O) groups is 1. The Bertz CT molecular complexity index is 1350. The minimum absolute atomic E-state index is 0.0950. The van der Waals surface area contributed by atoms with Crippen LogP contribution in [0.15, 0.2) is 71.4 Å². The van der Waals surface area contributed by atoms with Crippen LogP contribution in [-0.2, 0) is 4.79 Å². The minimum atomic E-state index is -0.841. The van der Waals surface area contributed by atoms with Gasteiger partial charge in [-0.2, -0.15) is 0 Å². The lowest BCUT2D eigenvalue weighted by Gasteiger charge is -2.12. The molecule has 1 aromatic heterocycles. The second kappa shape index (κ2) is 9.28. The zero-order valence-corrected chi connectivity index (χ0v) is 18.5. The number of rotatable bonds is 6. The Kier molecular flexibility index (Phi) is 6.27. The maximum absolute atomic E-state index is 13.9. The molecule has 0 aliphatic carbocycles. The van der Waals surface area contributed by atoms with Gasteiger partial charge in [0.15, 0.2) is 0 Å². The van der Waals surface area contributed by atoms with E-state index in [1.54, 1.807) is 19.3 Å². The SMILES string of the molecule is CCOc1cc2occ(-c3ccc(C)cc3)c2cc1/C(C)=C/C(=O)Nc1ccc(F)cc1F. The van der Waals surface area contributed by atoms with Gasteiger partial charge in [-0.15, -0.1) is 0 Å². The van der Waals surface area contributed by atoms with Gasteiger partial charge in [-0.1, -0.05) is 29.8 Å². The molecule has 33 heavy (non-hydrogen) atoms. The second-order valence-corrected chi connectivity index (χ2v) is 7.73. The average Bonchev–Trinajstić information content (AvgIpc) is 3.18. The number of halogens is 2. The molecule has 6 heteroatoms. The van der Waals surface area contributed by atoms with E-state index in [0.29, 0.717) is 29.1 Å². The highest BCUT2D eigenvalue weighted by atomic mass is 19.1. The maximum atomic E-state index is 13.9. The molecule has 0 fully saturated rings. The van der Waals surface area contributed by atoms with E-state index in [9.17, 15) is 13.6 Å². The topological polar surface area (TPSA) is 51.5 Å². The van der Waals surface area contributed by atoms with Crippen molar-refractivity contribution in [2.45, 2.75) is 20.8 Å². The standard InChI is InChI=1S/C27H23F2NO3/c1-4-32-25-14-26-21(22(15-33-26)18-7-5-16(2)6-8-18)13-20(25)17(3)11-27(31)30-24-10-9-19(28)12-23(24)29/h5-15H,4H2,1-3H3,(H,30,31)/b17-11+. The number of furan rings is 1. The summed E-state index contributed by atoms with van der Waals surface area (Å²) in [5.74, 6) is -1.51. The fraction of sp³-hybridized carbons (Fsp3) is 0.148. The third kappa shape index (κ3) is 4.80. The van der Waals surface area contributed by atoms with E-state index in [0.717, 1.165) is 34.2 Å². The number of aryl methyl sites for hydroxylation is 1. The summed E-state index contributed by atoms with van der Waals surface area (Å²) in [6.45, 7) is 6.11. The van der Waals surface area contributed by atoms with Gasteiger partial charge in [0.25, 0.3) is 0 Å². The molecule has 1 N–H and O–H groups in total. The quantitative estimate of drug-likeness (QED) is 0.320. The fourth-order valence-corrected chi connectivity index (χ4v) is 3.63. The summed E-state index contributed by atoms with van der Waals surface area (Å²) < 4.78 is 38.6. The lowest BCUT2D eigenvalue weighted by atomic mass is 9.98. The first-order chi connectivity index (χ1) is 15.9. The van der Waals surface area contributed by atoms with E-state index in [1.165, 1.54) is 12.1 Å². The van der Waals surface area contributed by atoms with Gasteiger partial charge >= 0.3 is 0 Å². The molecule has 4 rings (SSSR count). The van der Waals surface area contributed by atoms with Crippen LogP contribution in [0.4, 0.5) is 14.5 Å². The first-order valence-corrected chi connectivity index (χ1v) is 10.6. The van der Waals surface area contributed by atoms with Gasteiger partial charge in [-0.3, -0.25) is 4.79 Å². The lowest BCUT2D eigenvalue weighted by molar-refractivity contribution is -0.111. The summed E-state index contributed by atoms with van der Waals surface area (Å²) in [6, 6.07) is 14.9. The van der Waals surface area contributed by atoms with E-state index in [2.05, 4.69) is 5.32 Å². The van der Waals surface area contributed by atoms with Crippen molar-refractivity contribution in [2.75, 3.05) is 11.9 Å². The largest absolute Gasteiger partial charge is 0.493 e. The number of ether oxygens (including phenoxy) is 1. The van der Waals surface area contributed by atoms with Crippen LogP contribution in [0.3, 0.4) is 0 Å². The molecule has 0 spiro atoms. The number of anilines is 1. The molecule has 0 aliphatic rings. The van der Waals surface area contributed by atoms with Crippen molar-refractivity contribution in [1.82, 2.24) is 0 Å². The summed E-state index contributed by atoms with van der Waals surface area (Å²) >= 11 is 0. The second-order valence-electron chi connectivity index (χ2n) is 7.73. The summed E-state index contributed by atoms with van der Waals surface area (Å²) in [7, 11) is 0. The number of amides is 1. The first-order valence-electron chi connectivity index (χ1n) is 10.6. The van der Waals surface area contributed by atoms with Gasteiger partial charge in [-0.25, -0.2) is 8.78 Å². The van der Waals surface area contributed by atoms with Crippen molar-refractivity contribution in [2.24, 2.45) is 0 Å². The number of hydrogen-bond donors (Lipinski definition) is 1. The van der Waals surface area contributed by atoms with Crippen LogP contribution >= 0.6 is 0 Å². The van der Waals surface area contributed by atoms with Crippen molar-refractivity contribution in [3.63, 3.8) is 0 Å². The molecule has 4 aromatic rings. The van der Waals surface area contributed by atoms with Crippen molar-refractivity contribution in [1.29, 1.82) is 0 Å². The Balaban J connectivity index is 1.72. The molecule has 0 unspecified atom stereocenters. The molecule has 0 aliphatic heterocycles. The summed E-state index contributed by atoms with van der Waals surface area (Å²) in [5, 5.41) is 3.33. The number of carbonyl (C=O) groups excluding carboxylic acids is 1. The van der Waals surface area contributed by atoms with Gasteiger partial charge in [-0.05, 0) is 50.1 Å². The molecule has 0 saturated heterocycles. The highest BCUT2D eigenvalue weighted by Gasteiger charge is 2.16. The number of allylic oxidation sites excluding steroid dienone is 1. The monoisotopic (exact) mass is 447 g/mol. The van der Waals surface area contributed by atoms with Crippen LogP contribution in [0.25, 0.3) is 27.7 Å². The normalized spacial score (nSPS) is 11.6. The Morgan fingerprint density at radius 1 is 1.09 bits per heavy atom. The molecular formula is C27H23F2NO3. The third-order valence-electron chi connectivity index (χ3n) is 5.30. The Morgan fingerprint density at radius 3 is 2.55 bits per heavy atom. The molecule has 1 heterocycles. The van der Waals surface area contributed by atoms with E-state index >= 15 is 0 Å². The van der Waals surface area contributed by atoms with E-state index in [1.807, 2.05) is 44.2 Å². The van der Waals surface area contributed by atoms with Gasteiger partial charge in [0.2, 0.25) is 5.91 Å². The van der Waals surface area contributed by atoms with Crippen molar-refractivity contribution in [3.8, 4) is 16.9 Å². The maximum Gasteiger partial charge on any atom is 0.248 e. The molecule has 0 radical (unpaired) electrons. The van der Waals surface area contributed by atoms with Gasteiger partial charge in [0, 0.05) is 34.7 Å². The van der Waals surface area contributed by atoms with Crippen LogP contribution in [0.5, 0.6) is 5.75 Å². The molecule has 0 saturated carbocycles. The van der Waals surface area contributed by atoms with Crippen LogP contribution in [-0.4, -0.2) is 12.5 Å². The first kappa shape index (κ1) is 22.3. The third-order valence-corrected chi connectivity index (χ3v) is 5.30. The van der Waals surface area contributed by atoms with E-state index < -0.39 is 17.5 Å². The van der Waals surface area contributed by atoms with Crippen molar-refractivity contribution < 1.29 is 22.7 Å². The highest BCUT2D eigenvalue weighted by Crippen LogP contribution is 2.37. The van der Waals surface area contributed by atoms with Crippen molar-refractivity contribution >= 4 is 28.1 Å². The van der Waals surface area contributed by atoms with Gasteiger partial charge in [0.05, 0.1) is 18.6 Å². The van der Waals surface area contributed by atoms with Gasteiger partial charge < -0.3 is 14.5 Å². The molecular weight excluding hydrogens is 424 g/mol. The number of benzene rings is 3. The number of nitrogens with one attached hydrogen (secondary N) is 1. The summed E-state index contributed by atoms with van der Waals surface area (Å²) in [4.78, 5) is 12.5. The number of hydrogen-bond acceptors (Lipinski definition) is 3. The molecule has 0 atom stereocenters. The minimum Gasteiger partial charge on any atom is -0.493 e. The smallest absolute Gasteiger partial charge is 0.248 e. The predicted molar refractivity (Wildman–Crippen MR) is 126 cm³/mol. The van der Waals surface area contributed by atoms with E-state index in [-0.39, 0.29) is 5.69 Å². The number of fused-ring (bicyclic) bond motifs is 1. The van der Waals surface area contributed by atoms with Crippen LogP contribution < -0.4 is 10.1 Å².